The normalized spacial score (nSPS) is 10.9. The van der Waals surface area contributed by atoms with E-state index in [9.17, 15) is 4.79 Å². The van der Waals surface area contributed by atoms with E-state index in [-0.39, 0.29) is 5.91 Å². The maximum absolute atomic E-state index is 12.7. The second-order valence-corrected chi connectivity index (χ2v) is 6.64. The van der Waals surface area contributed by atoms with Gasteiger partial charge < -0.3 is 9.88 Å². The van der Waals surface area contributed by atoms with Crippen LogP contribution in [0.2, 0.25) is 0 Å². The van der Waals surface area contributed by atoms with Crippen molar-refractivity contribution in [2.75, 3.05) is 0 Å². The molecule has 1 amide bonds. The number of pyridine rings is 1. The molecule has 0 aliphatic carbocycles. The van der Waals surface area contributed by atoms with Crippen molar-refractivity contribution in [1.82, 2.24) is 19.9 Å². The summed E-state index contributed by atoms with van der Waals surface area (Å²) in [5.74, 6) is 0.711. The predicted octanol–water partition coefficient (Wildman–Crippen LogP) is 4.36. The molecule has 0 atom stereocenters. The number of fused-ring (bicyclic) bond motifs is 1. The Bertz CT molecular complexity index is 1130. The first kappa shape index (κ1) is 17.9. The van der Waals surface area contributed by atoms with Crippen molar-refractivity contribution in [1.29, 1.82) is 0 Å². The highest BCUT2D eigenvalue weighted by atomic mass is 16.1. The van der Waals surface area contributed by atoms with E-state index in [4.69, 9.17) is 0 Å². The molecule has 0 radical (unpaired) electrons. The van der Waals surface area contributed by atoms with Crippen LogP contribution in [0.4, 0.5) is 0 Å². The van der Waals surface area contributed by atoms with Crippen LogP contribution >= 0.6 is 0 Å². The molecule has 4 aromatic rings. The van der Waals surface area contributed by atoms with Gasteiger partial charge in [0.1, 0.15) is 5.82 Å². The highest BCUT2D eigenvalue weighted by Gasteiger charge is 2.14. The molecular formula is C23H22N4O. The summed E-state index contributed by atoms with van der Waals surface area (Å²) in [4.78, 5) is 22.0. The summed E-state index contributed by atoms with van der Waals surface area (Å²) < 4.78 is 2.12. The zero-order valence-corrected chi connectivity index (χ0v) is 16.0. The maximum Gasteiger partial charge on any atom is 0.253 e. The molecule has 2 aromatic heterocycles. The largest absolute Gasteiger partial charge is 0.345 e. The first-order chi connectivity index (χ1) is 13.7. The Hall–Kier alpha value is -3.47. The van der Waals surface area contributed by atoms with E-state index >= 15 is 0 Å². The number of hydrogen-bond acceptors (Lipinski definition) is 3. The standard InChI is InChI=1S/C23H22N4O/c1-3-27-21-12-8-7-11-20(21)26-22(27)15-24-23(28)18-13-14-19(25-16(18)2)17-9-5-4-6-10-17/h4-14H,3,15H2,1-2H3,(H,24,28). The minimum absolute atomic E-state index is 0.140. The van der Waals surface area contributed by atoms with E-state index in [2.05, 4.69) is 26.8 Å². The van der Waals surface area contributed by atoms with Crippen molar-refractivity contribution in [3.8, 4) is 11.3 Å². The van der Waals surface area contributed by atoms with Gasteiger partial charge in [0, 0.05) is 12.1 Å². The number of rotatable bonds is 5. The Morgan fingerprint density at radius 1 is 0.964 bits per heavy atom. The van der Waals surface area contributed by atoms with Gasteiger partial charge >= 0.3 is 0 Å². The van der Waals surface area contributed by atoms with Crippen molar-refractivity contribution >= 4 is 16.9 Å². The third kappa shape index (κ3) is 3.39. The SMILES string of the molecule is CCn1c(CNC(=O)c2ccc(-c3ccccc3)nc2C)nc2ccccc21. The molecule has 0 unspecified atom stereocenters. The number of carbonyl (C=O) groups excluding carboxylic acids is 1. The molecule has 0 aliphatic rings. The lowest BCUT2D eigenvalue weighted by molar-refractivity contribution is 0.0948. The molecule has 5 nitrogen and oxygen atoms in total. The number of imidazole rings is 1. The predicted molar refractivity (Wildman–Crippen MR) is 111 cm³/mol. The minimum Gasteiger partial charge on any atom is -0.345 e. The van der Waals surface area contributed by atoms with E-state index < -0.39 is 0 Å². The highest BCUT2D eigenvalue weighted by Crippen LogP contribution is 2.19. The molecule has 0 aliphatic heterocycles. The summed E-state index contributed by atoms with van der Waals surface area (Å²) in [6.45, 7) is 5.12. The van der Waals surface area contributed by atoms with Crippen LogP contribution in [-0.4, -0.2) is 20.4 Å². The van der Waals surface area contributed by atoms with Gasteiger partial charge in [-0.1, -0.05) is 42.5 Å². The summed E-state index contributed by atoms with van der Waals surface area (Å²) in [5.41, 5.74) is 5.22. The lowest BCUT2D eigenvalue weighted by Gasteiger charge is -2.10. The van der Waals surface area contributed by atoms with Gasteiger partial charge in [-0.05, 0) is 38.1 Å². The molecule has 0 bridgehead atoms. The van der Waals surface area contributed by atoms with Gasteiger partial charge in [0.2, 0.25) is 0 Å². The van der Waals surface area contributed by atoms with E-state index in [0.717, 1.165) is 34.7 Å². The van der Waals surface area contributed by atoms with Crippen LogP contribution in [0.25, 0.3) is 22.3 Å². The van der Waals surface area contributed by atoms with Crippen molar-refractivity contribution in [3.63, 3.8) is 0 Å². The van der Waals surface area contributed by atoms with Crippen LogP contribution in [-0.2, 0) is 13.1 Å². The topological polar surface area (TPSA) is 59.8 Å². The van der Waals surface area contributed by atoms with Crippen LogP contribution in [0.5, 0.6) is 0 Å². The number of para-hydroxylation sites is 2. The van der Waals surface area contributed by atoms with Crippen LogP contribution < -0.4 is 5.32 Å². The average Bonchev–Trinajstić information content (AvgIpc) is 3.10. The van der Waals surface area contributed by atoms with Crippen molar-refractivity contribution in [2.24, 2.45) is 0 Å². The Morgan fingerprint density at radius 2 is 1.71 bits per heavy atom. The zero-order valence-electron chi connectivity index (χ0n) is 16.0. The number of nitrogens with zero attached hydrogens (tertiary/aromatic N) is 3. The molecule has 2 aromatic carbocycles. The fourth-order valence-corrected chi connectivity index (χ4v) is 3.44. The third-order valence-electron chi connectivity index (χ3n) is 4.86. The van der Waals surface area contributed by atoms with Gasteiger partial charge in [-0.2, -0.15) is 0 Å². The Labute approximate surface area is 164 Å². The molecule has 4 rings (SSSR count). The molecule has 0 saturated carbocycles. The summed E-state index contributed by atoms with van der Waals surface area (Å²) in [6.07, 6.45) is 0. The van der Waals surface area contributed by atoms with Gasteiger partial charge in [0.15, 0.2) is 0 Å². The van der Waals surface area contributed by atoms with Crippen LogP contribution in [0, 0.1) is 6.92 Å². The van der Waals surface area contributed by atoms with Gasteiger partial charge in [-0.3, -0.25) is 9.78 Å². The highest BCUT2D eigenvalue weighted by molar-refractivity contribution is 5.95. The molecule has 28 heavy (non-hydrogen) atoms. The van der Waals surface area contributed by atoms with Gasteiger partial charge in [0.05, 0.1) is 34.5 Å². The number of amides is 1. The van der Waals surface area contributed by atoms with Crippen molar-refractivity contribution < 1.29 is 4.79 Å². The number of aromatic nitrogens is 3. The molecule has 0 fully saturated rings. The Kier molecular flexibility index (Phi) is 4.89. The molecular weight excluding hydrogens is 348 g/mol. The summed E-state index contributed by atoms with van der Waals surface area (Å²) in [5, 5.41) is 2.99. The summed E-state index contributed by atoms with van der Waals surface area (Å²) >= 11 is 0. The second kappa shape index (κ2) is 7.64. The Balaban J connectivity index is 1.53. The van der Waals surface area contributed by atoms with E-state index in [1.807, 2.05) is 73.7 Å². The van der Waals surface area contributed by atoms with Crippen molar-refractivity contribution in [2.45, 2.75) is 26.9 Å². The van der Waals surface area contributed by atoms with Gasteiger partial charge in [-0.25, -0.2) is 4.98 Å². The minimum atomic E-state index is -0.140. The van der Waals surface area contributed by atoms with E-state index in [1.165, 1.54) is 0 Å². The van der Waals surface area contributed by atoms with Crippen LogP contribution in [0.3, 0.4) is 0 Å². The third-order valence-corrected chi connectivity index (χ3v) is 4.86. The molecule has 1 N–H and O–H groups in total. The molecule has 0 saturated heterocycles. The molecule has 2 heterocycles. The van der Waals surface area contributed by atoms with Gasteiger partial charge in [-0.15, -0.1) is 0 Å². The summed E-state index contributed by atoms with van der Waals surface area (Å²) in [7, 11) is 0. The maximum atomic E-state index is 12.7. The lowest BCUT2D eigenvalue weighted by Crippen LogP contribution is -2.25. The smallest absolute Gasteiger partial charge is 0.253 e. The van der Waals surface area contributed by atoms with Crippen LogP contribution in [0.15, 0.2) is 66.7 Å². The fourth-order valence-electron chi connectivity index (χ4n) is 3.44. The first-order valence-electron chi connectivity index (χ1n) is 9.42. The number of nitrogens with one attached hydrogen (secondary N) is 1. The number of carbonyl (C=O) groups is 1. The number of hydrogen-bond donors (Lipinski definition) is 1. The second-order valence-electron chi connectivity index (χ2n) is 6.64. The molecule has 0 spiro atoms. The lowest BCUT2D eigenvalue weighted by atomic mass is 10.1. The first-order valence-corrected chi connectivity index (χ1v) is 9.42. The van der Waals surface area contributed by atoms with E-state index in [0.29, 0.717) is 17.8 Å². The fraction of sp³-hybridized carbons (Fsp3) is 0.174. The van der Waals surface area contributed by atoms with Gasteiger partial charge in [0.25, 0.3) is 5.91 Å². The zero-order chi connectivity index (χ0) is 19.5. The number of aryl methyl sites for hydroxylation is 2. The Morgan fingerprint density at radius 3 is 2.46 bits per heavy atom. The quantitative estimate of drug-likeness (QED) is 0.568. The van der Waals surface area contributed by atoms with E-state index in [1.54, 1.807) is 0 Å². The average molecular weight is 370 g/mol. The summed E-state index contributed by atoms with van der Waals surface area (Å²) in [6, 6.07) is 21.7. The molecule has 5 heteroatoms. The monoisotopic (exact) mass is 370 g/mol. The number of benzene rings is 2. The van der Waals surface area contributed by atoms with Crippen molar-refractivity contribution in [3.05, 3.63) is 83.8 Å². The van der Waals surface area contributed by atoms with Crippen LogP contribution in [0.1, 0.15) is 28.8 Å². The molecule has 140 valence electrons.